The standard InChI is InChI=1S/C13H29O4P.Na/c1-2-3-4-5-6-7-8-9-10-11-12-13-17-18(14,15)16;/h2-13H2,1H3,(H2,14,15,16);/q;+1/p-1. The average Bonchev–Trinajstić information content (AvgIpc) is 2.29. The van der Waals surface area contributed by atoms with Gasteiger partial charge in [-0.15, -0.1) is 0 Å². The van der Waals surface area contributed by atoms with Gasteiger partial charge in [0.15, 0.2) is 0 Å². The minimum Gasteiger partial charge on any atom is -0.756 e. The Bertz CT molecular complexity index is 221. The number of phosphoric acid groups is 1. The zero-order valence-electron chi connectivity index (χ0n) is 12.6. The van der Waals surface area contributed by atoms with Crippen LogP contribution in [-0.4, -0.2) is 11.5 Å². The van der Waals surface area contributed by atoms with E-state index in [1.54, 1.807) is 0 Å². The van der Waals surface area contributed by atoms with E-state index in [9.17, 15) is 9.46 Å². The van der Waals surface area contributed by atoms with Crippen molar-refractivity contribution in [2.45, 2.75) is 77.6 Å². The summed E-state index contributed by atoms with van der Waals surface area (Å²) in [5.41, 5.74) is 0. The van der Waals surface area contributed by atoms with Crippen LogP contribution in [0.15, 0.2) is 0 Å². The molecule has 0 heterocycles. The van der Waals surface area contributed by atoms with Gasteiger partial charge < -0.3 is 14.3 Å². The van der Waals surface area contributed by atoms with Crippen LogP contribution in [-0.2, 0) is 9.09 Å². The van der Waals surface area contributed by atoms with Gasteiger partial charge in [0.25, 0.3) is 7.82 Å². The van der Waals surface area contributed by atoms with Gasteiger partial charge in [-0.1, -0.05) is 71.1 Å². The zero-order chi connectivity index (χ0) is 13.7. The molecule has 0 aliphatic rings. The zero-order valence-corrected chi connectivity index (χ0v) is 15.5. The maximum Gasteiger partial charge on any atom is 1.00 e. The van der Waals surface area contributed by atoms with E-state index >= 15 is 0 Å². The van der Waals surface area contributed by atoms with E-state index in [0.29, 0.717) is 6.42 Å². The maximum absolute atomic E-state index is 10.3. The molecule has 0 aromatic rings. The third-order valence-electron chi connectivity index (χ3n) is 3.00. The Morgan fingerprint density at radius 3 is 1.63 bits per heavy atom. The van der Waals surface area contributed by atoms with Crippen LogP contribution in [0.2, 0.25) is 0 Å². The Balaban J connectivity index is 0. The topological polar surface area (TPSA) is 69.6 Å². The summed E-state index contributed by atoms with van der Waals surface area (Å²) in [7, 11) is -4.50. The molecule has 0 radical (unpaired) electrons. The van der Waals surface area contributed by atoms with Crippen molar-refractivity contribution in [3.8, 4) is 0 Å². The van der Waals surface area contributed by atoms with Gasteiger partial charge in [0.2, 0.25) is 0 Å². The molecule has 0 saturated carbocycles. The molecule has 0 bridgehead atoms. The van der Waals surface area contributed by atoms with Crippen LogP contribution in [0.3, 0.4) is 0 Å². The largest absolute Gasteiger partial charge is 1.00 e. The van der Waals surface area contributed by atoms with Crippen LogP contribution < -0.4 is 34.5 Å². The predicted molar refractivity (Wildman–Crippen MR) is 72.2 cm³/mol. The summed E-state index contributed by atoms with van der Waals surface area (Å²) in [5, 5.41) is 0. The molecule has 19 heavy (non-hydrogen) atoms. The Kier molecular flexibility index (Phi) is 18.3. The van der Waals surface area contributed by atoms with E-state index in [2.05, 4.69) is 11.4 Å². The van der Waals surface area contributed by atoms with E-state index in [4.69, 9.17) is 4.89 Å². The fraction of sp³-hybridized carbons (Fsp3) is 1.00. The summed E-state index contributed by atoms with van der Waals surface area (Å²) < 4.78 is 14.5. The van der Waals surface area contributed by atoms with Crippen molar-refractivity contribution < 1.29 is 48.4 Å². The molecule has 110 valence electrons. The molecule has 0 saturated heterocycles. The van der Waals surface area contributed by atoms with Crippen LogP contribution in [0.1, 0.15) is 77.6 Å². The summed E-state index contributed by atoms with van der Waals surface area (Å²) in [6.45, 7) is 2.33. The van der Waals surface area contributed by atoms with E-state index in [-0.39, 0.29) is 36.2 Å². The Morgan fingerprint density at radius 2 is 1.26 bits per heavy atom. The monoisotopic (exact) mass is 302 g/mol. The van der Waals surface area contributed by atoms with Crippen molar-refractivity contribution in [1.29, 1.82) is 0 Å². The molecule has 0 aliphatic carbocycles. The van der Waals surface area contributed by atoms with E-state index < -0.39 is 7.82 Å². The summed E-state index contributed by atoms with van der Waals surface area (Å²) in [6.07, 6.45) is 13.3. The van der Waals surface area contributed by atoms with E-state index in [1.807, 2.05) is 0 Å². The molecule has 4 nitrogen and oxygen atoms in total. The third kappa shape index (κ3) is 21.6. The Morgan fingerprint density at radius 1 is 0.895 bits per heavy atom. The fourth-order valence-corrected chi connectivity index (χ4v) is 2.31. The van der Waals surface area contributed by atoms with Crippen LogP contribution >= 0.6 is 7.82 Å². The first-order chi connectivity index (χ1) is 8.56. The maximum atomic E-state index is 10.3. The molecule has 1 atom stereocenters. The number of hydrogen-bond donors (Lipinski definition) is 1. The summed E-state index contributed by atoms with van der Waals surface area (Å²) in [4.78, 5) is 18.6. The van der Waals surface area contributed by atoms with Gasteiger partial charge in [0.1, 0.15) is 0 Å². The van der Waals surface area contributed by atoms with Gasteiger partial charge in [0, 0.05) is 0 Å². The van der Waals surface area contributed by atoms with Crippen molar-refractivity contribution in [2.24, 2.45) is 0 Å². The average molecular weight is 302 g/mol. The summed E-state index contributed by atoms with van der Waals surface area (Å²) in [6, 6.07) is 0. The fourth-order valence-electron chi connectivity index (χ4n) is 1.95. The molecular weight excluding hydrogens is 274 g/mol. The number of phosphoric ester groups is 1. The molecule has 1 unspecified atom stereocenters. The summed E-state index contributed by atoms with van der Waals surface area (Å²) in [5.74, 6) is 0. The minimum absolute atomic E-state index is 0. The van der Waals surface area contributed by atoms with Crippen LogP contribution in [0, 0.1) is 0 Å². The number of rotatable bonds is 13. The van der Waals surface area contributed by atoms with Gasteiger partial charge >= 0.3 is 29.6 Å². The molecule has 0 aliphatic heterocycles. The van der Waals surface area contributed by atoms with Gasteiger partial charge in [-0.3, -0.25) is 4.57 Å². The number of unbranched alkanes of at least 4 members (excludes halogenated alkanes) is 10. The normalized spacial score (nSPS) is 13.8. The smallest absolute Gasteiger partial charge is 0.756 e. The van der Waals surface area contributed by atoms with E-state index in [0.717, 1.165) is 12.8 Å². The minimum atomic E-state index is -4.50. The van der Waals surface area contributed by atoms with Crippen LogP contribution in [0.4, 0.5) is 0 Å². The van der Waals surface area contributed by atoms with Gasteiger partial charge in [-0.05, 0) is 6.42 Å². The molecule has 0 spiro atoms. The van der Waals surface area contributed by atoms with Gasteiger partial charge in [0.05, 0.1) is 6.61 Å². The molecule has 0 aromatic carbocycles. The second-order valence-corrected chi connectivity index (χ2v) is 6.03. The first-order valence-corrected chi connectivity index (χ1v) is 8.74. The molecule has 0 fully saturated rings. The van der Waals surface area contributed by atoms with Gasteiger partial charge in [-0.2, -0.15) is 0 Å². The van der Waals surface area contributed by atoms with Crippen LogP contribution in [0.25, 0.3) is 0 Å². The molecule has 0 rings (SSSR count). The van der Waals surface area contributed by atoms with Crippen molar-refractivity contribution >= 4 is 7.82 Å². The van der Waals surface area contributed by atoms with Crippen molar-refractivity contribution in [3.63, 3.8) is 0 Å². The van der Waals surface area contributed by atoms with Crippen molar-refractivity contribution in [2.75, 3.05) is 6.61 Å². The van der Waals surface area contributed by atoms with Crippen molar-refractivity contribution in [3.05, 3.63) is 0 Å². The first kappa shape index (κ1) is 22.4. The van der Waals surface area contributed by atoms with Gasteiger partial charge in [-0.25, -0.2) is 0 Å². The van der Waals surface area contributed by atoms with E-state index in [1.165, 1.54) is 51.4 Å². The van der Waals surface area contributed by atoms with Crippen molar-refractivity contribution in [1.82, 2.24) is 0 Å². The predicted octanol–water partition coefficient (Wildman–Crippen LogP) is 0.779. The second kappa shape index (κ2) is 15.5. The first-order valence-electron chi connectivity index (χ1n) is 7.24. The molecule has 0 amide bonds. The third-order valence-corrected chi connectivity index (χ3v) is 3.51. The Hall–Kier alpha value is 1.11. The Labute approximate surface area is 140 Å². The summed E-state index contributed by atoms with van der Waals surface area (Å²) >= 11 is 0. The second-order valence-electron chi connectivity index (χ2n) is 4.84. The molecular formula is C13H28NaO4P. The quantitative estimate of drug-likeness (QED) is 0.310. The van der Waals surface area contributed by atoms with Crippen LogP contribution in [0.5, 0.6) is 0 Å². The SMILES string of the molecule is CCCCCCCCCCCCCOP(=O)([O-])O.[Na+]. The molecule has 1 N–H and O–H groups in total. The molecule has 6 heteroatoms. The number of hydrogen-bond acceptors (Lipinski definition) is 3. The molecule has 0 aromatic heterocycles.